The highest BCUT2D eigenvalue weighted by Crippen LogP contribution is 2.28. The van der Waals surface area contributed by atoms with Gasteiger partial charge in [-0.1, -0.05) is 23.2 Å². The fraction of sp³-hybridized carbons (Fsp3) is 0.286. The Morgan fingerprint density at radius 1 is 1.45 bits per heavy atom. The lowest BCUT2D eigenvalue weighted by Crippen LogP contribution is -1.93. The van der Waals surface area contributed by atoms with Gasteiger partial charge in [-0.2, -0.15) is 0 Å². The van der Waals surface area contributed by atoms with Gasteiger partial charge in [0.2, 0.25) is 0 Å². The second-order valence-corrected chi connectivity index (χ2v) is 3.21. The van der Waals surface area contributed by atoms with E-state index in [2.05, 4.69) is 10.3 Å². The van der Waals surface area contributed by atoms with Crippen molar-refractivity contribution >= 4 is 29.0 Å². The minimum absolute atomic E-state index is 0.375. The molecule has 0 aliphatic carbocycles. The van der Waals surface area contributed by atoms with E-state index in [9.17, 15) is 0 Å². The van der Waals surface area contributed by atoms with Crippen LogP contribution in [0.15, 0.2) is 6.07 Å². The van der Waals surface area contributed by atoms with E-state index < -0.39 is 0 Å². The monoisotopic (exact) mass is 188 g/mol. The van der Waals surface area contributed by atoms with Crippen molar-refractivity contribution in [2.45, 2.75) is 6.42 Å². The lowest BCUT2D eigenvalue weighted by Gasteiger charge is -1.99. The summed E-state index contributed by atoms with van der Waals surface area (Å²) in [6, 6.07) is 1.87. The molecule has 0 bridgehead atoms. The summed E-state index contributed by atoms with van der Waals surface area (Å²) in [7, 11) is 0. The van der Waals surface area contributed by atoms with Crippen molar-refractivity contribution in [2.24, 2.45) is 0 Å². The Bertz CT molecular complexity index is 270. The molecule has 1 aliphatic rings. The predicted octanol–water partition coefficient (Wildman–Crippen LogP) is 2.36. The van der Waals surface area contributed by atoms with Gasteiger partial charge in [0, 0.05) is 6.54 Å². The van der Waals surface area contributed by atoms with Gasteiger partial charge in [-0.05, 0) is 18.1 Å². The fourth-order valence-electron chi connectivity index (χ4n) is 1.16. The zero-order valence-corrected chi connectivity index (χ0v) is 7.21. The average Bonchev–Trinajstić information content (AvgIpc) is 2.36. The van der Waals surface area contributed by atoms with E-state index in [4.69, 9.17) is 23.2 Å². The van der Waals surface area contributed by atoms with E-state index in [0.717, 1.165) is 24.3 Å². The van der Waals surface area contributed by atoms with Gasteiger partial charge in [0.15, 0.2) is 0 Å². The van der Waals surface area contributed by atoms with Crippen LogP contribution in [0.4, 0.5) is 5.82 Å². The van der Waals surface area contributed by atoms with Gasteiger partial charge in [-0.15, -0.1) is 0 Å². The number of fused-ring (bicyclic) bond motifs is 1. The zero-order chi connectivity index (χ0) is 7.84. The first-order valence-corrected chi connectivity index (χ1v) is 4.12. The van der Waals surface area contributed by atoms with Crippen LogP contribution >= 0.6 is 23.2 Å². The standard InChI is InChI=1S/C7H6Cl2N2/c8-5-3-4-1-2-10-7(4)11-6(5)9/h3H,1-2H2,(H,10,11). The van der Waals surface area contributed by atoms with Crippen LogP contribution in [0, 0.1) is 0 Å². The zero-order valence-electron chi connectivity index (χ0n) is 5.69. The van der Waals surface area contributed by atoms with Gasteiger partial charge in [0.05, 0.1) is 5.02 Å². The van der Waals surface area contributed by atoms with E-state index in [1.165, 1.54) is 0 Å². The van der Waals surface area contributed by atoms with Crippen molar-refractivity contribution in [1.29, 1.82) is 0 Å². The molecule has 0 amide bonds. The first-order valence-electron chi connectivity index (χ1n) is 3.36. The second kappa shape index (κ2) is 2.54. The third kappa shape index (κ3) is 1.17. The number of nitrogens with zero attached hydrogens (tertiary/aromatic N) is 1. The van der Waals surface area contributed by atoms with Gasteiger partial charge < -0.3 is 5.32 Å². The first kappa shape index (κ1) is 7.19. The molecule has 0 fully saturated rings. The summed E-state index contributed by atoms with van der Waals surface area (Å²) in [6.45, 7) is 0.930. The summed E-state index contributed by atoms with van der Waals surface area (Å²) in [4.78, 5) is 4.08. The van der Waals surface area contributed by atoms with Crippen LogP contribution in [0.3, 0.4) is 0 Å². The van der Waals surface area contributed by atoms with Crippen molar-refractivity contribution in [3.05, 3.63) is 21.8 Å². The minimum atomic E-state index is 0.375. The van der Waals surface area contributed by atoms with E-state index in [1.807, 2.05) is 6.07 Å². The molecule has 1 aromatic heterocycles. The lowest BCUT2D eigenvalue weighted by atomic mass is 10.2. The molecule has 2 rings (SSSR count). The van der Waals surface area contributed by atoms with Crippen LogP contribution in [0.2, 0.25) is 10.2 Å². The van der Waals surface area contributed by atoms with E-state index in [-0.39, 0.29) is 0 Å². The summed E-state index contributed by atoms with van der Waals surface area (Å²) in [5.74, 6) is 0.874. The predicted molar refractivity (Wildman–Crippen MR) is 46.5 cm³/mol. The third-order valence-electron chi connectivity index (χ3n) is 1.70. The number of anilines is 1. The first-order chi connectivity index (χ1) is 5.27. The van der Waals surface area contributed by atoms with E-state index in [0.29, 0.717) is 10.2 Å². The molecule has 0 radical (unpaired) electrons. The quantitative estimate of drug-likeness (QED) is 0.633. The van der Waals surface area contributed by atoms with Crippen molar-refractivity contribution in [3.63, 3.8) is 0 Å². The Morgan fingerprint density at radius 2 is 2.27 bits per heavy atom. The fourth-order valence-corrected chi connectivity index (χ4v) is 1.48. The highest BCUT2D eigenvalue weighted by molar-refractivity contribution is 6.41. The molecule has 0 atom stereocenters. The SMILES string of the molecule is Clc1cc2c(nc1Cl)NCC2. The minimum Gasteiger partial charge on any atom is -0.369 e. The number of hydrogen-bond acceptors (Lipinski definition) is 2. The highest BCUT2D eigenvalue weighted by Gasteiger charge is 2.13. The van der Waals surface area contributed by atoms with Crippen LogP contribution in [0.1, 0.15) is 5.56 Å². The molecule has 4 heteroatoms. The average molecular weight is 189 g/mol. The van der Waals surface area contributed by atoms with Crippen LogP contribution in [0.25, 0.3) is 0 Å². The molecule has 2 nitrogen and oxygen atoms in total. The number of nitrogens with one attached hydrogen (secondary N) is 1. The van der Waals surface area contributed by atoms with Crippen molar-refractivity contribution < 1.29 is 0 Å². The molecule has 2 heterocycles. The summed E-state index contributed by atoms with van der Waals surface area (Å²) >= 11 is 11.5. The molecule has 11 heavy (non-hydrogen) atoms. The molecule has 0 spiro atoms. The summed E-state index contributed by atoms with van der Waals surface area (Å²) in [6.07, 6.45) is 0.985. The van der Waals surface area contributed by atoms with Gasteiger partial charge >= 0.3 is 0 Å². The molecular formula is C7H6Cl2N2. The van der Waals surface area contributed by atoms with Gasteiger partial charge in [-0.25, -0.2) is 4.98 Å². The smallest absolute Gasteiger partial charge is 0.150 e. The normalized spacial score (nSPS) is 14.4. The van der Waals surface area contributed by atoms with E-state index in [1.54, 1.807) is 0 Å². The topological polar surface area (TPSA) is 24.9 Å². The molecule has 1 aromatic rings. The molecule has 0 aromatic carbocycles. The number of halogens is 2. The molecule has 1 aliphatic heterocycles. The number of rotatable bonds is 0. The van der Waals surface area contributed by atoms with Gasteiger partial charge in [0.25, 0.3) is 0 Å². The molecule has 0 saturated heterocycles. The molecule has 0 saturated carbocycles. The Balaban J connectivity index is 2.57. The lowest BCUT2D eigenvalue weighted by molar-refractivity contribution is 1.11. The van der Waals surface area contributed by atoms with Crippen LogP contribution in [-0.2, 0) is 6.42 Å². The maximum atomic E-state index is 5.77. The maximum Gasteiger partial charge on any atom is 0.150 e. The van der Waals surface area contributed by atoms with Crippen molar-refractivity contribution in [3.8, 4) is 0 Å². The third-order valence-corrected chi connectivity index (χ3v) is 2.37. The van der Waals surface area contributed by atoms with Gasteiger partial charge in [-0.3, -0.25) is 0 Å². The summed E-state index contributed by atoms with van der Waals surface area (Å²) in [5.41, 5.74) is 1.15. The number of aromatic nitrogens is 1. The molecule has 0 unspecified atom stereocenters. The second-order valence-electron chi connectivity index (χ2n) is 2.45. The Labute approximate surface area is 74.5 Å². The molecule has 1 N–H and O–H groups in total. The number of pyridine rings is 1. The summed E-state index contributed by atoms with van der Waals surface area (Å²) in [5, 5.41) is 4.03. The van der Waals surface area contributed by atoms with Crippen LogP contribution < -0.4 is 5.32 Å². The Morgan fingerprint density at radius 3 is 3.09 bits per heavy atom. The Hall–Kier alpha value is -0.470. The van der Waals surface area contributed by atoms with E-state index >= 15 is 0 Å². The largest absolute Gasteiger partial charge is 0.369 e. The van der Waals surface area contributed by atoms with Crippen LogP contribution in [-0.4, -0.2) is 11.5 Å². The highest BCUT2D eigenvalue weighted by atomic mass is 35.5. The number of hydrogen-bond donors (Lipinski definition) is 1. The Kier molecular flexibility index (Phi) is 1.66. The van der Waals surface area contributed by atoms with Crippen molar-refractivity contribution in [2.75, 3.05) is 11.9 Å². The van der Waals surface area contributed by atoms with Crippen molar-refractivity contribution in [1.82, 2.24) is 4.98 Å². The molecule has 58 valence electrons. The van der Waals surface area contributed by atoms with Crippen LogP contribution in [0.5, 0.6) is 0 Å². The molecular weight excluding hydrogens is 183 g/mol. The summed E-state index contributed by atoms with van der Waals surface area (Å²) < 4.78 is 0. The maximum absolute atomic E-state index is 5.77. The van der Waals surface area contributed by atoms with Gasteiger partial charge in [0.1, 0.15) is 11.0 Å².